The van der Waals surface area contributed by atoms with Gasteiger partial charge < -0.3 is 15.4 Å². The van der Waals surface area contributed by atoms with E-state index >= 15 is 0 Å². The molecule has 2 unspecified atom stereocenters. The van der Waals surface area contributed by atoms with Crippen LogP contribution in [0.15, 0.2) is 54.7 Å². The zero-order chi connectivity index (χ0) is 32.2. The summed E-state index contributed by atoms with van der Waals surface area (Å²) in [4.78, 5) is 43.5. The van der Waals surface area contributed by atoms with Gasteiger partial charge in [-0.3, -0.25) is 19.9 Å². The van der Waals surface area contributed by atoms with Crippen molar-refractivity contribution < 1.29 is 23.5 Å². The van der Waals surface area contributed by atoms with Gasteiger partial charge in [0.2, 0.25) is 5.91 Å². The van der Waals surface area contributed by atoms with E-state index in [1.54, 1.807) is 57.3 Å². The summed E-state index contributed by atoms with van der Waals surface area (Å²) < 4.78 is 21.1. The van der Waals surface area contributed by atoms with Crippen LogP contribution in [0.4, 0.5) is 20.6 Å². The van der Waals surface area contributed by atoms with E-state index in [-0.39, 0.29) is 34.3 Å². The first-order valence-electron chi connectivity index (χ1n) is 14.6. The number of amides is 3. The molecule has 45 heavy (non-hydrogen) atoms. The molecule has 3 N–H and O–H groups in total. The highest BCUT2D eigenvalue weighted by atomic mass is 35.5. The van der Waals surface area contributed by atoms with E-state index in [9.17, 15) is 18.8 Å². The molecule has 11 nitrogen and oxygen atoms in total. The summed E-state index contributed by atoms with van der Waals surface area (Å²) in [5.41, 5.74) is 3.48. The zero-order valence-electron chi connectivity index (χ0n) is 25.2. The van der Waals surface area contributed by atoms with Crippen molar-refractivity contribution >= 4 is 40.9 Å². The number of nitrogens with one attached hydrogen (secondary N) is 3. The third-order valence-electron chi connectivity index (χ3n) is 7.47. The maximum Gasteiger partial charge on any atom is 0.411 e. The van der Waals surface area contributed by atoms with Crippen LogP contribution in [0, 0.1) is 18.7 Å². The quantitative estimate of drug-likeness (QED) is 0.224. The molecule has 1 aliphatic rings. The highest BCUT2D eigenvalue weighted by Crippen LogP contribution is 2.34. The predicted molar refractivity (Wildman–Crippen MR) is 168 cm³/mol. The van der Waals surface area contributed by atoms with Crippen molar-refractivity contribution in [1.82, 2.24) is 25.3 Å². The van der Waals surface area contributed by atoms with Crippen LogP contribution in [0.5, 0.6) is 0 Å². The molecule has 1 aliphatic heterocycles. The lowest BCUT2D eigenvalue weighted by Gasteiger charge is -2.22. The Bertz CT molecular complexity index is 1760. The molecule has 0 aliphatic carbocycles. The van der Waals surface area contributed by atoms with Crippen LogP contribution in [-0.2, 0) is 9.53 Å². The van der Waals surface area contributed by atoms with Gasteiger partial charge in [0.05, 0.1) is 34.2 Å². The SMILES string of the molecule is Cc1c(C(=O)NC2CCCC(C)C(=O)Nc3cc(NC(=O)OC(C)C)ccc3-c3ccnc2c3)nnn1-c1cccc(Cl)c1F. The van der Waals surface area contributed by atoms with Crippen molar-refractivity contribution in [2.75, 3.05) is 10.6 Å². The maximum atomic E-state index is 14.7. The number of aromatic nitrogens is 4. The third kappa shape index (κ3) is 7.12. The molecule has 13 heteroatoms. The minimum absolute atomic E-state index is 0.0331. The van der Waals surface area contributed by atoms with Crippen LogP contribution in [0.2, 0.25) is 5.02 Å². The molecule has 3 amide bonds. The molecule has 3 heterocycles. The van der Waals surface area contributed by atoms with Gasteiger partial charge in [-0.25, -0.2) is 13.9 Å². The molecule has 0 spiro atoms. The van der Waals surface area contributed by atoms with E-state index in [0.29, 0.717) is 47.6 Å². The Kier molecular flexibility index (Phi) is 9.43. The Labute approximate surface area is 264 Å². The first kappa shape index (κ1) is 31.6. The average molecular weight is 634 g/mol. The Balaban J connectivity index is 1.46. The number of pyridine rings is 1. The summed E-state index contributed by atoms with van der Waals surface area (Å²) in [6.07, 6.45) is 2.41. The summed E-state index contributed by atoms with van der Waals surface area (Å²) >= 11 is 5.95. The molecule has 0 saturated heterocycles. The Morgan fingerprint density at radius 1 is 1.16 bits per heavy atom. The number of ether oxygens (including phenoxy) is 1. The maximum absolute atomic E-state index is 14.7. The van der Waals surface area contributed by atoms with E-state index in [1.807, 2.05) is 13.0 Å². The lowest BCUT2D eigenvalue weighted by atomic mass is 9.95. The fourth-order valence-electron chi connectivity index (χ4n) is 5.10. The summed E-state index contributed by atoms with van der Waals surface area (Å²) in [6.45, 7) is 6.97. The van der Waals surface area contributed by atoms with E-state index < -0.39 is 23.9 Å². The van der Waals surface area contributed by atoms with Gasteiger partial charge in [0.1, 0.15) is 5.69 Å². The molecular weight excluding hydrogens is 601 g/mol. The van der Waals surface area contributed by atoms with Crippen LogP contribution in [-0.4, -0.2) is 44.0 Å². The van der Waals surface area contributed by atoms with Crippen molar-refractivity contribution in [2.45, 2.75) is 59.1 Å². The molecule has 2 bridgehead atoms. The molecule has 4 aromatic rings. The largest absolute Gasteiger partial charge is 0.447 e. The normalized spacial score (nSPS) is 16.6. The first-order chi connectivity index (χ1) is 21.5. The summed E-state index contributed by atoms with van der Waals surface area (Å²) in [5, 5.41) is 16.7. The third-order valence-corrected chi connectivity index (χ3v) is 7.76. The van der Waals surface area contributed by atoms with Gasteiger partial charge in [0, 0.05) is 23.4 Å². The van der Waals surface area contributed by atoms with E-state index in [1.165, 1.54) is 16.8 Å². The van der Waals surface area contributed by atoms with Gasteiger partial charge in [0.15, 0.2) is 11.5 Å². The summed E-state index contributed by atoms with van der Waals surface area (Å²) in [5.74, 6) is -1.68. The summed E-state index contributed by atoms with van der Waals surface area (Å²) in [7, 11) is 0. The Morgan fingerprint density at radius 2 is 1.96 bits per heavy atom. The van der Waals surface area contributed by atoms with Crippen LogP contribution >= 0.6 is 11.6 Å². The van der Waals surface area contributed by atoms with Crippen molar-refractivity contribution in [3.8, 4) is 16.8 Å². The van der Waals surface area contributed by atoms with Gasteiger partial charge in [-0.1, -0.05) is 42.3 Å². The van der Waals surface area contributed by atoms with Gasteiger partial charge in [-0.15, -0.1) is 5.10 Å². The number of anilines is 2. The van der Waals surface area contributed by atoms with Gasteiger partial charge in [-0.2, -0.15) is 0 Å². The Hall–Kier alpha value is -4.84. The molecule has 234 valence electrons. The topological polar surface area (TPSA) is 140 Å². The van der Waals surface area contributed by atoms with E-state index in [2.05, 4.69) is 31.2 Å². The van der Waals surface area contributed by atoms with Gasteiger partial charge in [-0.05, 0) is 75.6 Å². The second kappa shape index (κ2) is 13.4. The molecule has 2 atom stereocenters. The molecular formula is C32H33ClFN7O4. The molecule has 2 aromatic heterocycles. The van der Waals surface area contributed by atoms with Crippen molar-refractivity contribution in [2.24, 2.45) is 5.92 Å². The van der Waals surface area contributed by atoms with Crippen LogP contribution in [0.25, 0.3) is 16.8 Å². The fourth-order valence-corrected chi connectivity index (χ4v) is 5.27. The predicted octanol–water partition coefficient (Wildman–Crippen LogP) is 6.62. The first-order valence-corrected chi connectivity index (χ1v) is 15.0. The molecule has 2 aromatic carbocycles. The zero-order valence-corrected chi connectivity index (χ0v) is 26.0. The number of hydrogen-bond donors (Lipinski definition) is 3. The number of benzene rings is 2. The standard InChI is InChI=1S/C32H33ClFN7O4/c1-17(2)45-32(44)36-21-11-12-22-20-13-14-35-26(15-20)24(9-5-7-18(3)30(42)38-25(22)16-21)37-31(43)29-19(4)41(40-39-29)27-10-6-8-23(33)28(27)34/h6,8,10-18,24H,5,7,9H2,1-4H3,(H,36,44)(H,37,43)(H,38,42). The van der Waals surface area contributed by atoms with Crippen LogP contribution in [0.3, 0.4) is 0 Å². The average Bonchev–Trinajstić information content (AvgIpc) is 3.38. The lowest BCUT2D eigenvalue weighted by Crippen LogP contribution is -2.30. The van der Waals surface area contributed by atoms with Gasteiger partial charge in [0.25, 0.3) is 5.91 Å². The Morgan fingerprint density at radius 3 is 2.73 bits per heavy atom. The van der Waals surface area contributed by atoms with E-state index in [0.717, 1.165) is 5.56 Å². The van der Waals surface area contributed by atoms with Crippen LogP contribution < -0.4 is 16.0 Å². The van der Waals surface area contributed by atoms with Crippen molar-refractivity contribution in [1.29, 1.82) is 0 Å². The van der Waals surface area contributed by atoms with Crippen molar-refractivity contribution in [3.63, 3.8) is 0 Å². The minimum Gasteiger partial charge on any atom is -0.447 e. The molecule has 5 rings (SSSR count). The number of halogens is 2. The monoisotopic (exact) mass is 633 g/mol. The molecule has 0 fully saturated rings. The number of carbonyl (C=O) groups excluding carboxylic acids is 3. The second-order valence-electron chi connectivity index (χ2n) is 11.2. The number of hydrogen-bond acceptors (Lipinski definition) is 7. The van der Waals surface area contributed by atoms with Crippen molar-refractivity contribution in [3.05, 3.63) is 82.6 Å². The molecule has 0 radical (unpaired) electrons. The smallest absolute Gasteiger partial charge is 0.411 e. The van der Waals surface area contributed by atoms with Gasteiger partial charge >= 0.3 is 6.09 Å². The van der Waals surface area contributed by atoms with Crippen LogP contribution in [0.1, 0.15) is 68.0 Å². The number of rotatable bonds is 5. The fraction of sp³-hybridized carbons (Fsp3) is 0.312. The van der Waals surface area contributed by atoms with E-state index in [4.69, 9.17) is 16.3 Å². The highest BCUT2D eigenvalue weighted by molar-refractivity contribution is 6.30. The number of carbonyl (C=O) groups is 3. The second-order valence-corrected chi connectivity index (χ2v) is 11.6. The molecule has 0 saturated carbocycles. The summed E-state index contributed by atoms with van der Waals surface area (Å²) in [6, 6.07) is 12.8. The highest BCUT2D eigenvalue weighted by Gasteiger charge is 2.25. The lowest BCUT2D eigenvalue weighted by molar-refractivity contribution is -0.119. The minimum atomic E-state index is -0.670. The number of fused-ring (bicyclic) bond motifs is 4. The number of nitrogens with zero attached hydrogens (tertiary/aromatic N) is 4.